The minimum absolute atomic E-state index is 0.102. The first kappa shape index (κ1) is 42.2. The fraction of sp³-hybridized carbons (Fsp3) is 0.621. The summed E-state index contributed by atoms with van der Waals surface area (Å²) in [6, 6.07) is 9.80. The largest absolute Gasteiger partial charge is 0.527 e. The van der Waals surface area contributed by atoms with Crippen LogP contribution in [0.5, 0.6) is 5.75 Å². The monoisotopic (exact) mass is 739 g/mol. The highest BCUT2D eigenvalue weighted by molar-refractivity contribution is 5.60. The van der Waals surface area contributed by atoms with E-state index in [9.17, 15) is 61.5 Å². The Kier molecular flexibility index (Phi) is 14.9. The van der Waals surface area contributed by atoms with Gasteiger partial charge in [0.05, 0.1) is 12.3 Å². The summed E-state index contributed by atoms with van der Waals surface area (Å²) in [6.45, 7) is -2.44. The van der Waals surface area contributed by atoms with E-state index in [0.29, 0.717) is 11.3 Å². The summed E-state index contributed by atoms with van der Waals surface area (Å²) >= 11 is 0. The molecule has 0 spiro atoms. The first-order valence-corrected chi connectivity index (χ1v) is 14.5. The summed E-state index contributed by atoms with van der Waals surface area (Å²) in [7, 11) is 0. The number of aryl methyl sites for hydroxylation is 1. The summed E-state index contributed by atoms with van der Waals surface area (Å²) in [5, 5.41) is 0. The lowest BCUT2D eigenvalue weighted by Gasteiger charge is -2.33. The molecule has 0 saturated heterocycles. The van der Waals surface area contributed by atoms with E-state index in [1.54, 1.807) is 27.8 Å². The van der Waals surface area contributed by atoms with Crippen molar-refractivity contribution in [3.05, 3.63) is 48.2 Å². The van der Waals surface area contributed by atoms with Gasteiger partial charge in [0.2, 0.25) is 0 Å². The van der Waals surface area contributed by atoms with Crippen molar-refractivity contribution in [2.24, 2.45) is 0 Å². The zero-order chi connectivity index (χ0) is 37.2. The molecular weight excluding hydrogens is 708 g/mol. The Morgan fingerprint density at radius 1 is 0.633 bits per heavy atom. The molecule has 1 aromatic carbocycles. The predicted octanol–water partition coefficient (Wildman–Crippen LogP) is 9.92. The van der Waals surface area contributed by atoms with Crippen LogP contribution < -0.4 is 4.74 Å². The second-order valence-corrected chi connectivity index (χ2v) is 10.5. The van der Waals surface area contributed by atoms with Gasteiger partial charge in [0.1, 0.15) is 19.0 Å². The Hall–Kier alpha value is -2.97. The van der Waals surface area contributed by atoms with Gasteiger partial charge in [-0.15, -0.1) is 13.2 Å². The van der Waals surface area contributed by atoms with Crippen molar-refractivity contribution < 1.29 is 85.2 Å². The fourth-order valence-corrected chi connectivity index (χ4v) is 3.88. The third-order valence-electron chi connectivity index (χ3n) is 6.25. The molecule has 2 aromatic rings. The van der Waals surface area contributed by atoms with Crippen LogP contribution in [0.2, 0.25) is 0 Å². The summed E-state index contributed by atoms with van der Waals surface area (Å²) in [5.41, 5.74) is 2.39. The van der Waals surface area contributed by atoms with Crippen LogP contribution in [-0.4, -0.2) is 67.9 Å². The molecular formula is C29H31F14NO5. The van der Waals surface area contributed by atoms with Crippen molar-refractivity contribution >= 4 is 0 Å². The number of aromatic nitrogens is 1. The van der Waals surface area contributed by atoms with Crippen LogP contribution in [0.15, 0.2) is 42.6 Å². The van der Waals surface area contributed by atoms with Crippen molar-refractivity contribution in [3.8, 4) is 17.0 Å². The van der Waals surface area contributed by atoms with Gasteiger partial charge < -0.3 is 9.47 Å². The van der Waals surface area contributed by atoms with Crippen molar-refractivity contribution in [1.29, 1.82) is 0 Å². The number of rotatable bonds is 22. The summed E-state index contributed by atoms with van der Waals surface area (Å²) in [4.78, 5) is 4.42. The number of benzene rings is 1. The number of ether oxygens (including phenoxy) is 5. The molecule has 280 valence electrons. The number of unbranched alkanes of at least 4 members (excludes halogenated alkanes) is 5. The number of alkyl halides is 14. The molecule has 1 atom stereocenters. The summed E-state index contributed by atoms with van der Waals surface area (Å²) in [5.74, 6) is 0.102. The van der Waals surface area contributed by atoms with Crippen LogP contribution in [0.4, 0.5) is 61.5 Å². The molecule has 1 heterocycles. The van der Waals surface area contributed by atoms with Crippen LogP contribution >= 0.6 is 0 Å². The highest BCUT2D eigenvalue weighted by Crippen LogP contribution is 2.48. The van der Waals surface area contributed by atoms with Crippen LogP contribution in [0, 0.1) is 0 Å². The first-order chi connectivity index (χ1) is 22.5. The number of hydrogen-bond donors (Lipinski definition) is 0. The number of nitrogens with zero attached hydrogens (tertiary/aromatic N) is 1. The van der Waals surface area contributed by atoms with Crippen LogP contribution in [0.1, 0.15) is 51.0 Å². The standard InChI is InChI=1S/C29H31F14NO5/c1-2-3-4-5-6-7-8-19-9-14-23(44-15-19)20-10-12-22(13-11-20)46-17-21(30)16-45-18-24(31,32)47-25(33,34)26(35,36)48-27(37,38)28(39,40)49-29(41,42)43/h9-15,21H,2-8,16-18H2,1H3. The van der Waals surface area contributed by atoms with E-state index >= 15 is 0 Å². The normalized spacial score (nSPS) is 14.3. The molecule has 0 fully saturated rings. The molecule has 49 heavy (non-hydrogen) atoms. The topological polar surface area (TPSA) is 59.0 Å². The zero-order valence-electron chi connectivity index (χ0n) is 25.5. The number of hydrogen-bond acceptors (Lipinski definition) is 6. The van der Waals surface area contributed by atoms with Crippen molar-refractivity contribution in [3.63, 3.8) is 0 Å². The van der Waals surface area contributed by atoms with Crippen LogP contribution in [-0.2, 0) is 25.4 Å². The predicted molar refractivity (Wildman–Crippen MR) is 142 cm³/mol. The average Bonchev–Trinajstić information content (AvgIpc) is 2.96. The van der Waals surface area contributed by atoms with E-state index in [-0.39, 0.29) is 5.75 Å². The first-order valence-electron chi connectivity index (χ1n) is 14.5. The molecule has 1 aromatic heterocycles. The van der Waals surface area contributed by atoms with Gasteiger partial charge in [0.15, 0.2) is 6.17 Å². The maximum absolute atomic E-state index is 14.1. The molecule has 0 N–H and O–H groups in total. The van der Waals surface area contributed by atoms with Gasteiger partial charge in [-0.05, 0) is 48.7 Å². The van der Waals surface area contributed by atoms with Crippen LogP contribution in [0.3, 0.4) is 0 Å². The third-order valence-corrected chi connectivity index (χ3v) is 6.25. The fourth-order valence-electron chi connectivity index (χ4n) is 3.88. The Bertz CT molecular complexity index is 1260. The Morgan fingerprint density at radius 2 is 1.18 bits per heavy atom. The molecule has 2 rings (SSSR count). The highest BCUT2D eigenvalue weighted by Gasteiger charge is 2.74. The van der Waals surface area contributed by atoms with E-state index in [4.69, 9.17) is 4.74 Å². The Labute approximate surface area is 270 Å². The second-order valence-electron chi connectivity index (χ2n) is 10.5. The van der Waals surface area contributed by atoms with E-state index < -0.39 is 62.9 Å². The SMILES string of the molecule is CCCCCCCCc1ccc(-c2ccc(OCC(F)COCC(F)(F)OC(F)(F)C(F)(F)OC(F)(F)C(F)(F)OC(F)(F)F)cc2)nc1. The molecule has 20 heteroatoms. The molecule has 0 saturated carbocycles. The van der Waals surface area contributed by atoms with Gasteiger partial charge in [-0.25, -0.2) is 18.6 Å². The van der Waals surface area contributed by atoms with Gasteiger partial charge in [-0.2, -0.15) is 43.9 Å². The number of pyridine rings is 1. The van der Waals surface area contributed by atoms with Gasteiger partial charge in [0, 0.05) is 11.8 Å². The van der Waals surface area contributed by atoms with E-state index in [1.807, 2.05) is 12.1 Å². The van der Waals surface area contributed by atoms with Crippen molar-refractivity contribution in [2.45, 2.75) is 94.9 Å². The van der Waals surface area contributed by atoms with Gasteiger partial charge in [-0.1, -0.05) is 45.1 Å². The average molecular weight is 740 g/mol. The van der Waals surface area contributed by atoms with Crippen LogP contribution in [0.25, 0.3) is 11.3 Å². The lowest BCUT2D eigenvalue weighted by atomic mass is 10.1. The lowest BCUT2D eigenvalue weighted by molar-refractivity contribution is -0.564. The molecule has 0 aliphatic carbocycles. The van der Waals surface area contributed by atoms with Gasteiger partial charge in [-0.3, -0.25) is 4.98 Å². The minimum Gasteiger partial charge on any atom is -0.490 e. The number of halogens is 14. The van der Waals surface area contributed by atoms with Gasteiger partial charge in [0.25, 0.3) is 0 Å². The lowest BCUT2D eigenvalue weighted by Crippen LogP contribution is -2.57. The van der Waals surface area contributed by atoms with E-state index in [0.717, 1.165) is 24.8 Å². The second kappa shape index (κ2) is 17.3. The van der Waals surface area contributed by atoms with Crippen molar-refractivity contribution in [1.82, 2.24) is 4.98 Å². The summed E-state index contributed by atoms with van der Waals surface area (Å²) in [6.07, 6.45) is -32.9. The molecule has 0 aliphatic rings. The van der Waals surface area contributed by atoms with Crippen molar-refractivity contribution in [2.75, 3.05) is 19.8 Å². The zero-order valence-corrected chi connectivity index (χ0v) is 25.5. The molecule has 0 bridgehead atoms. The minimum atomic E-state index is -7.15. The Balaban J connectivity index is 1.81. The summed E-state index contributed by atoms with van der Waals surface area (Å²) < 4.78 is 198. The van der Waals surface area contributed by atoms with E-state index in [1.165, 1.54) is 37.8 Å². The molecule has 0 amide bonds. The smallest absolute Gasteiger partial charge is 0.490 e. The maximum Gasteiger partial charge on any atom is 0.527 e. The maximum atomic E-state index is 14.1. The molecule has 0 aliphatic heterocycles. The molecule has 6 nitrogen and oxygen atoms in total. The van der Waals surface area contributed by atoms with Gasteiger partial charge >= 0.3 is 36.9 Å². The quantitative estimate of drug-likeness (QED) is 0.0886. The third kappa shape index (κ3) is 14.1. The Morgan fingerprint density at radius 3 is 1.73 bits per heavy atom. The molecule has 0 radical (unpaired) electrons. The molecule has 1 unspecified atom stereocenters. The van der Waals surface area contributed by atoms with E-state index in [2.05, 4.69) is 21.4 Å². The highest BCUT2D eigenvalue weighted by atomic mass is 19.4.